The van der Waals surface area contributed by atoms with E-state index in [1.54, 1.807) is 0 Å². The Morgan fingerprint density at radius 2 is 1.65 bits per heavy atom. The van der Waals surface area contributed by atoms with Gasteiger partial charge < -0.3 is 39.8 Å². The highest BCUT2D eigenvalue weighted by atomic mass is 32.5. The molecule has 24 heteroatoms. The number of carbonyl (C=O) groups is 1. The normalized spacial score (nSPS) is 37.0. The van der Waals surface area contributed by atoms with Crippen LogP contribution >= 0.6 is 13.4 Å². The van der Waals surface area contributed by atoms with Crippen LogP contribution in [0.25, 0.3) is 22.2 Å². The van der Waals surface area contributed by atoms with Crippen molar-refractivity contribution in [3.05, 3.63) is 36.4 Å². The molecular weight excluding hydrogens is 698 g/mol. The highest BCUT2D eigenvalue weighted by molar-refractivity contribution is 8.07. The van der Waals surface area contributed by atoms with Gasteiger partial charge in [-0.05, 0) is 35.7 Å². The Morgan fingerprint density at radius 3 is 2.39 bits per heavy atom. The molecule has 4 aromatic rings. The van der Waals surface area contributed by atoms with E-state index in [4.69, 9.17) is 62.6 Å². The lowest BCUT2D eigenvalue weighted by atomic mass is 10.1. The number of fused-ring (bicyclic) bond motifs is 5. The number of ether oxygens (including phenoxy) is 2. The minimum absolute atomic E-state index is 0.0435. The maximum absolute atomic E-state index is 16.0. The monoisotopic (exact) mass is 721 g/mol. The van der Waals surface area contributed by atoms with Crippen molar-refractivity contribution in [1.29, 1.82) is 0 Å². The number of carbonyl (C=O) groups excluding carboxylic acids is 1. The molecule has 0 saturated carbocycles. The van der Waals surface area contributed by atoms with E-state index in [0.717, 1.165) is 11.0 Å². The fraction of sp³-hybridized carbons (Fsp3) is 0.455. The Bertz CT molecular complexity index is 1940. The molecule has 6 N–H and O–H groups in total. The van der Waals surface area contributed by atoms with Crippen LogP contribution in [0.4, 0.5) is 14.6 Å². The van der Waals surface area contributed by atoms with E-state index in [2.05, 4.69) is 25.3 Å². The Hall–Kier alpha value is -2.72. The Labute approximate surface area is 266 Å². The second-order valence-corrected chi connectivity index (χ2v) is 15.9. The van der Waals surface area contributed by atoms with Crippen molar-refractivity contribution in [2.24, 2.45) is 5.73 Å². The van der Waals surface area contributed by atoms with Crippen LogP contribution in [0.15, 0.2) is 30.9 Å². The number of nitrogens with zero attached hydrogens (tertiary/aromatic N) is 7. The Kier molecular flexibility index (Phi) is 8.14. The van der Waals surface area contributed by atoms with Gasteiger partial charge in [-0.25, -0.2) is 28.4 Å². The van der Waals surface area contributed by atoms with Crippen molar-refractivity contribution in [1.82, 2.24) is 34.5 Å². The van der Waals surface area contributed by atoms with Crippen LogP contribution in [-0.2, 0) is 51.2 Å². The SMILES string of the molecule is NC(=O)c1cccc2c1nnn2[C@@H]1O[C@@H]2COP(O)(=S)O[C@H]3[C@@H](F)[C@H](n4cnc5c(N)ncnc54)O[C@@H]3COP(O)(=S)O[C@@H]1[C@@H]2F. The molecule has 3 aliphatic rings. The highest BCUT2D eigenvalue weighted by Gasteiger charge is 2.54. The highest BCUT2D eigenvalue weighted by Crippen LogP contribution is 2.54. The number of nitrogens with two attached hydrogens (primary N) is 2. The van der Waals surface area contributed by atoms with E-state index in [9.17, 15) is 14.6 Å². The van der Waals surface area contributed by atoms with Gasteiger partial charge in [0.05, 0.1) is 30.6 Å². The fourth-order valence-electron chi connectivity index (χ4n) is 5.43. The van der Waals surface area contributed by atoms with Crippen molar-refractivity contribution in [2.75, 3.05) is 18.9 Å². The molecule has 246 valence electrons. The number of amides is 1. The van der Waals surface area contributed by atoms with E-state index < -0.39 is 81.8 Å². The second-order valence-electron chi connectivity index (χ2n) is 10.3. The molecule has 10 atom stereocenters. The van der Waals surface area contributed by atoms with Crippen molar-refractivity contribution in [2.45, 2.75) is 49.2 Å². The number of nitrogen functional groups attached to an aromatic ring is 1. The molecule has 7 rings (SSSR count). The summed E-state index contributed by atoms with van der Waals surface area (Å²) in [5.41, 5.74) is 12.0. The number of imidazole rings is 1. The molecule has 3 aliphatic heterocycles. The van der Waals surface area contributed by atoms with Crippen molar-refractivity contribution < 1.29 is 50.9 Å². The third-order valence-electron chi connectivity index (χ3n) is 7.52. The van der Waals surface area contributed by atoms with Gasteiger partial charge in [-0.15, -0.1) is 5.10 Å². The summed E-state index contributed by atoms with van der Waals surface area (Å²) in [6.07, 6.45) is -10.7. The molecule has 3 saturated heterocycles. The summed E-state index contributed by atoms with van der Waals surface area (Å²) >= 11 is 10.3. The number of benzene rings is 1. The topological polar surface area (TPSA) is 239 Å². The van der Waals surface area contributed by atoms with Crippen molar-refractivity contribution in [3.63, 3.8) is 0 Å². The predicted octanol–water partition coefficient (Wildman–Crippen LogP) is 0.674. The molecule has 0 radical (unpaired) electrons. The maximum atomic E-state index is 16.0. The Morgan fingerprint density at radius 1 is 0.957 bits per heavy atom. The molecule has 1 amide bonds. The molecule has 46 heavy (non-hydrogen) atoms. The van der Waals surface area contributed by atoms with Crippen LogP contribution in [0.3, 0.4) is 0 Å². The number of hydrogen-bond acceptors (Lipinski definition) is 15. The zero-order chi connectivity index (χ0) is 32.5. The molecule has 3 aromatic heterocycles. The standard InChI is InChI=1S/C22H23F2N9O9P2S2/c23-12-10-4-37-43(35,45)41-16-11(40-21(13(16)24)32-7-29-15-18(25)27-6-28-20(15)32)5-38-44(36,46)42-17(12)22(39-10)33-9-3-1-2-8(19(26)34)14(9)30-31-33/h1-3,6-7,10-13,16-17,21-22H,4-5H2,(H2,26,34)(H,35,45)(H,36,46)(H2,25,27,28)/t10-,11-,12-,13-,16-,17-,21-,22-,43?,44?/m1/s1. The lowest BCUT2D eigenvalue weighted by Gasteiger charge is -2.27. The number of rotatable bonds is 3. The number of halogens is 2. The number of aromatic nitrogens is 7. The smallest absolute Gasteiger partial charge is 0.325 e. The first kappa shape index (κ1) is 31.9. The summed E-state index contributed by atoms with van der Waals surface area (Å²) in [5.74, 6) is -0.733. The van der Waals surface area contributed by atoms with Crippen LogP contribution < -0.4 is 11.5 Å². The maximum Gasteiger partial charge on any atom is 0.325 e. The first-order valence-electron chi connectivity index (χ1n) is 13.3. The number of primary amides is 1. The quantitative estimate of drug-likeness (QED) is 0.213. The fourth-order valence-corrected chi connectivity index (χ4v) is 8.27. The predicted molar refractivity (Wildman–Crippen MR) is 158 cm³/mol. The number of hydrogen-bond donors (Lipinski definition) is 4. The minimum atomic E-state index is -4.34. The molecule has 18 nitrogen and oxygen atoms in total. The summed E-state index contributed by atoms with van der Waals surface area (Å²) < 4.78 is 68.1. The second kappa shape index (κ2) is 11.8. The van der Waals surface area contributed by atoms with Gasteiger partial charge in [0, 0.05) is 0 Å². The number of anilines is 1. The lowest BCUT2D eigenvalue weighted by molar-refractivity contribution is -0.0637. The van der Waals surface area contributed by atoms with Gasteiger partial charge in [0.2, 0.25) is 0 Å². The largest absolute Gasteiger partial charge is 0.382 e. The first-order chi connectivity index (χ1) is 21.8. The molecular formula is C22H23F2N9O9P2S2. The summed E-state index contributed by atoms with van der Waals surface area (Å²) in [5, 5.41) is 7.96. The van der Waals surface area contributed by atoms with Crippen molar-refractivity contribution >= 4 is 71.0 Å². The number of alkyl halides is 2. The third-order valence-corrected chi connectivity index (χ3v) is 10.6. The van der Waals surface area contributed by atoms with Gasteiger partial charge in [-0.2, -0.15) is 0 Å². The summed E-state index contributed by atoms with van der Waals surface area (Å²) in [6.45, 7) is -10.0. The zero-order valence-corrected chi connectivity index (χ0v) is 26.3. The molecule has 0 aliphatic carbocycles. The van der Waals surface area contributed by atoms with E-state index in [0.29, 0.717) is 0 Å². The molecule has 2 unspecified atom stereocenters. The van der Waals surface area contributed by atoms with E-state index in [1.165, 1.54) is 29.1 Å². The van der Waals surface area contributed by atoms with Crippen LogP contribution in [0.1, 0.15) is 22.8 Å². The summed E-state index contributed by atoms with van der Waals surface area (Å²) in [4.78, 5) is 45.9. The molecule has 6 heterocycles. The van der Waals surface area contributed by atoms with Gasteiger partial charge in [0.15, 0.2) is 36.3 Å². The van der Waals surface area contributed by atoms with Crippen LogP contribution in [-0.4, -0.2) is 100 Å². The molecule has 3 fully saturated rings. The van der Waals surface area contributed by atoms with Crippen LogP contribution in [0, 0.1) is 0 Å². The van der Waals surface area contributed by atoms with Gasteiger partial charge in [0.25, 0.3) is 5.91 Å². The van der Waals surface area contributed by atoms with E-state index in [-0.39, 0.29) is 33.6 Å². The Balaban J connectivity index is 1.20. The van der Waals surface area contributed by atoms with Crippen LogP contribution in [0.2, 0.25) is 0 Å². The van der Waals surface area contributed by atoms with Gasteiger partial charge in [0.1, 0.15) is 41.8 Å². The average molecular weight is 722 g/mol. The van der Waals surface area contributed by atoms with Gasteiger partial charge in [-0.1, -0.05) is 11.3 Å². The summed E-state index contributed by atoms with van der Waals surface area (Å²) in [7, 11) is 0. The molecule has 2 bridgehead atoms. The third kappa shape index (κ3) is 5.61. The lowest BCUT2D eigenvalue weighted by Crippen LogP contribution is -2.34. The first-order valence-corrected chi connectivity index (χ1v) is 18.5. The zero-order valence-electron chi connectivity index (χ0n) is 22.9. The van der Waals surface area contributed by atoms with Gasteiger partial charge in [-0.3, -0.25) is 18.4 Å². The van der Waals surface area contributed by atoms with Crippen LogP contribution in [0.5, 0.6) is 0 Å². The minimum Gasteiger partial charge on any atom is -0.382 e. The molecule has 1 aromatic carbocycles. The van der Waals surface area contributed by atoms with Crippen molar-refractivity contribution in [3.8, 4) is 0 Å². The summed E-state index contributed by atoms with van der Waals surface area (Å²) in [6, 6.07) is 4.46. The molecule has 0 spiro atoms. The van der Waals surface area contributed by atoms with E-state index >= 15 is 8.78 Å². The van der Waals surface area contributed by atoms with E-state index in [1.807, 2.05) is 0 Å². The van der Waals surface area contributed by atoms with Gasteiger partial charge >= 0.3 is 13.4 Å². The average Bonchev–Trinajstić information content (AvgIpc) is 3.76.